The quantitative estimate of drug-likeness (QED) is 0.297. The Kier molecular flexibility index (Phi) is 5.80. The lowest BCUT2D eigenvalue weighted by molar-refractivity contribution is -0.385. The van der Waals surface area contributed by atoms with Gasteiger partial charge in [-0.3, -0.25) is 15.1 Å². The highest BCUT2D eigenvalue weighted by Crippen LogP contribution is 2.37. The zero-order valence-electron chi connectivity index (χ0n) is 15.7. The van der Waals surface area contributed by atoms with Gasteiger partial charge in [0.2, 0.25) is 5.82 Å². The van der Waals surface area contributed by atoms with Crippen LogP contribution in [-0.4, -0.2) is 26.4 Å². The van der Waals surface area contributed by atoms with Crippen LogP contribution in [0.3, 0.4) is 0 Å². The predicted octanol–water partition coefficient (Wildman–Crippen LogP) is 5.14. The Hall–Kier alpha value is -3.59. The second-order valence-corrected chi connectivity index (χ2v) is 7.20. The minimum atomic E-state index is -0.547. The van der Waals surface area contributed by atoms with E-state index in [1.165, 1.54) is 6.33 Å². The van der Waals surface area contributed by atoms with E-state index in [9.17, 15) is 10.1 Å². The second-order valence-electron chi connectivity index (χ2n) is 6.34. The molecular formula is C21H16BrN5O3. The molecule has 9 heteroatoms. The smallest absolute Gasteiger partial charge is 0.373 e. The van der Waals surface area contributed by atoms with Gasteiger partial charge in [-0.15, -0.1) is 0 Å². The predicted molar refractivity (Wildman–Crippen MR) is 117 cm³/mol. The molecule has 0 radical (unpaired) electrons. The molecule has 0 amide bonds. The molecule has 4 rings (SSSR count). The van der Waals surface area contributed by atoms with Crippen LogP contribution in [0.2, 0.25) is 0 Å². The Bertz CT molecular complexity index is 1200. The fourth-order valence-corrected chi connectivity index (χ4v) is 3.45. The van der Waals surface area contributed by atoms with Gasteiger partial charge in [0.05, 0.1) is 4.92 Å². The van der Waals surface area contributed by atoms with Crippen LogP contribution < -0.4 is 10.1 Å². The maximum absolute atomic E-state index is 11.8. The van der Waals surface area contributed by atoms with Crippen molar-refractivity contribution in [2.45, 2.75) is 6.42 Å². The lowest BCUT2D eigenvalue weighted by Gasteiger charge is -2.11. The van der Waals surface area contributed by atoms with E-state index in [0.717, 1.165) is 15.4 Å². The lowest BCUT2D eigenvalue weighted by Crippen LogP contribution is -2.10. The first kappa shape index (κ1) is 19.7. The molecule has 150 valence electrons. The summed E-state index contributed by atoms with van der Waals surface area (Å²) in [5.41, 5.74) is 1.36. The van der Waals surface area contributed by atoms with Crippen LogP contribution in [0.5, 0.6) is 11.6 Å². The van der Waals surface area contributed by atoms with Gasteiger partial charge in [-0.1, -0.05) is 52.3 Å². The molecule has 2 heterocycles. The van der Waals surface area contributed by atoms with Crippen LogP contribution in [0.15, 0.2) is 71.6 Å². The van der Waals surface area contributed by atoms with E-state index in [4.69, 9.17) is 4.74 Å². The van der Waals surface area contributed by atoms with E-state index >= 15 is 0 Å². The maximum atomic E-state index is 11.8. The van der Waals surface area contributed by atoms with Crippen LogP contribution in [0.1, 0.15) is 5.56 Å². The third-order valence-electron chi connectivity index (χ3n) is 4.41. The van der Waals surface area contributed by atoms with Gasteiger partial charge < -0.3 is 10.1 Å². The molecule has 0 spiro atoms. The van der Waals surface area contributed by atoms with Gasteiger partial charge in [0, 0.05) is 22.6 Å². The number of anilines is 1. The number of benzene rings is 2. The summed E-state index contributed by atoms with van der Waals surface area (Å²) in [6.07, 6.45) is 3.56. The first-order valence-electron chi connectivity index (χ1n) is 9.12. The molecule has 4 aromatic rings. The summed E-state index contributed by atoms with van der Waals surface area (Å²) in [5.74, 6) is 0.327. The molecule has 2 aromatic heterocycles. The number of ether oxygens (including phenoxy) is 1. The summed E-state index contributed by atoms with van der Waals surface area (Å²) in [5, 5.41) is 15.6. The molecule has 0 saturated carbocycles. The topological polar surface area (TPSA) is 103 Å². The monoisotopic (exact) mass is 465 g/mol. The first-order chi connectivity index (χ1) is 14.6. The van der Waals surface area contributed by atoms with Crippen molar-refractivity contribution in [3.8, 4) is 11.6 Å². The second kappa shape index (κ2) is 8.83. The first-order valence-corrected chi connectivity index (χ1v) is 9.91. The summed E-state index contributed by atoms with van der Waals surface area (Å²) >= 11 is 3.47. The van der Waals surface area contributed by atoms with Crippen LogP contribution in [0.4, 0.5) is 11.5 Å². The molecule has 0 aliphatic carbocycles. The number of rotatable bonds is 7. The largest absolute Gasteiger partial charge is 0.431 e. The third-order valence-corrected chi connectivity index (χ3v) is 5.10. The third kappa shape index (κ3) is 4.20. The zero-order valence-corrected chi connectivity index (χ0v) is 17.2. The molecule has 0 aliphatic rings. The van der Waals surface area contributed by atoms with Gasteiger partial charge in [-0.2, -0.15) is 4.98 Å². The van der Waals surface area contributed by atoms with Gasteiger partial charge in [0.1, 0.15) is 11.8 Å². The van der Waals surface area contributed by atoms with Crippen LogP contribution >= 0.6 is 15.9 Å². The number of halogens is 1. The maximum Gasteiger partial charge on any atom is 0.373 e. The van der Waals surface area contributed by atoms with Crippen molar-refractivity contribution in [2.75, 3.05) is 11.9 Å². The van der Waals surface area contributed by atoms with Crippen molar-refractivity contribution in [1.82, 2.24) is 15.0 Å². The SMILES string of the molecule is O=[N+]([O-])c1c(NCCc2ccccc2)ncnc1Oc1ccc(Br)c2cccnc12. The summed E-state index contributed by atoms with van der Waals surface area (Å²) in [6.45, 7) is 0.476. The molecule has 8 nitrogen and oxygen atoms in total. The van der Waals surface area contributed by atoms with E-state index in [1.54, 1.807) is 24.4 Å². The highest BCUT2D eigenvalue weighted by atomic mass is 79.9. The Morgan fingerprint density at radius 1 is 1.03 bits per heavy atom. The standard InChI is InChI=1S/C21H16BrN5O3/c22-16-8-9-17(18-15(16)7-4-11-23-18)30-21-19(27(28)29)20(25-13-26-21)24-12-10-14-5-2-1-3-6-14/h1-9,11,13H,10,12H2,(H,24,25,26). The number of fused-ring (bicyclic) bond motifs is 1. The lowest BCUT2D eigenvalue weighted by atomic mass is 10.1. The summed E-state index contributed by atoms with van der Waals surface area (Å²) in [4.78, 5) is 23.6. The zero-order chi connectivity index (χ0) is 20.9. The van der Waals surface area contributed by atoms with Gasteiger partial charge in [0.15, 0.2) is 5.75 Å². The van der Waals surface area contributed by atoms with E-state index in [0.29, 0.717) is 24.2 Å². The minimum absolute atomic E-state index is 0.107. The number of pyridine rings is 1. The van der Waals surface area contributed by atoms with Gasteiger partial charge in [0.25, 0.3) is 0 Å². The van der Waals surface area contributed by atoms with Crippen LogP contribution in [0, 0.1) is 10.1 Å². The molecule has 0 atom stereocenters. The van der Waals surface area contributed by atoms with Gasteiger partial charge in [-0.05, 0) is 30.2 Å². The van der Waals surface area contributed by atoms with E-state index in [1.807, 2.05) is 36.4 Å². The molecule has 0 fully saturated rings. The van der Waals surface area contributed by atoms with Crippen LogP contribution in [0.25, 0.3) is 10.9 Å². The molecule has 0 unspecified atom stereocenters. The van der Waals surface area contributed by atoms with Crippen LogP contribution in [-0.2, 0) is 6.42 Å². The Balaban J connectivity index is 1.62. The molecule has 2 aromatic carbocycles. The average molecular weight is 466 g/mol. The Labute approximate surface area is 180 Å². The molecule has 0 aliphatic heterocycles. The molecule has 0 bridgehead atoms. The van der Waals surface area contributed by atoms with Crippen molar-refractivity contribution < 1.29 is 9.66 Å². The van der Waals surface area contributed by atoms with Crippen molar-refractivity contribution in [2.24, 2.45) is 0 Å². The van der Waals surface area contributed by atoms with E-state index in [-0.39, 0.29) is 17.4 Å². The van der Waals surface area contributed by atoms with Gasteiger partial charge in [-0.25, -0.2) is 4.98 Å². The minimum Gasteiger partial charge on any atom is -0.431 e. The van der Waals surface area contributed by atoms with Crippen molar-refractivity contribution in [1.29, 1.82) is 0 Å². The molecule has 0 saturated heterocycles. The molecular weight excluding hydrogens is 450 g/mol. The Morgan fingerprint density at radius 3 is 2.67 bits per heavy atom. The van der Waals surface area contributed by atoms with E-state index < -0.39 is 4.92 Å². The normalized spacial score (nSPS) is 10.7. The summed E-state index contributed by atoms with van der Waals surface area (Å²) < 4.78 is 6.67. The van der Waals surface area contributed by atoms with E-state index in [2.05, 4.69) is 36.2 Å². The number of hydrogen-bond donors (Lipinski definition) is 1. The Morgan fingerprint density at radius 2 is 1.87 bits per heavy atom. The highest BCUT2D eigenvalue weighted by Gasteiger charge is 2.25. The number of nitrogens with zero attached hydrogens (tertiary/aromatic N) is 4. The summed E-state index contributed by atoms with van der Waals surface area (Å²) in [6, 6.07) is 17.0. The number of aromatic nitrogens is 3. The van der Waals surface area contributed by atoms with Gasteiger partial charge >= 0.3 is 11.6 Å². The fourth-order valence-electron chi connectivity index (χ4n) is 3.00. The highest BCUT2D eigenvalue weighted by molar-refractivity contribution is 9.10. The molecule has 30 heavy (non-hydrogen) atoms. The molecule has 1 N–H and O–H groups in total. The van der Waals surface area contributed by atoms with Crippen molar-refractivity contribution in [3.05, 3.63) is 87.3 Å². The van der Waals surface area contributed by atoms with Crippen molar-refractivity contribution in [3.63, 3.8) is 0 Å². The number of hydrogen-bond acceptors (Lipinski definition) is 7. The average Bonchev–Trinajstić information content (AvgIpc) is 2.76. The number of nitrogens with one attached hydrogen (secondary N) is 1. The summed E-state index contributed by atoms with van der Waals surface area (Å²) in [7, 11) is 0. The fraction of sp³-hybridized carbons (Fsp3) is 0.0952. The number of nitro groups is 1. The van der Waals surface area contributed by atoms with Crippen molar-refractivity contribution >= 4 is 38.3 Å².